The summed E-state index contributed by atoms with van der Waals surface area (Å²) in [6.07, 6.45) is 5.09. The highest BCUT2D eigenvalue weighted by atomic mass is 16.5. The minimum absolute atomic E-state index is 0.653. The molecule has 0 fully saturated rings. The van der Waals surface area contributed by atoms with Gasteiger partial charge in [0.25, 0.3) is 0 Å². The molecule has 1 heteroatoms. The second-order valence-corrected chi connectivity index (χ2v) is 5.31. The molecule has 0 heterocycles. The van der Waals surface area contributed by atoms with Gasteiger partial charge in [-0.25, -0.2) is 0 Å². The molecule has 0 saturated heterocycles. The molecule has 0 spiro atoms. The van der Waals surface area contributed by atoms with Crippen molar-refractivity contribution in [1.82, 2.24) is 0 Å². The summed E-state index contributed by atoms with van der Waals surface area (Å²) in [5, 5.41) is 0. The molecule has 3 rings (SSSR count). The molecular formula is C18H20O. The average molecular weight is 252 g/mol. The second kappa shape index (κ2) is 5.48. The van der Waals surface area contributed by atoms with E-state index in [0.29, 0.717) is 6.61 Å². The van der Waals surface area contributed by atoms with E-state index >= 15 is 0 Å². The molecule has 0 atom stereocenters. The minimum atomic E-state index is 0.653. The predicted octanol–water partition coefficient (Wildman–Crippen LogP) is 4.45. The first-order chi connectivity index (χ1) is 9.34. The van der Waals surface area contributed by atoms with Crippen LogP contribution in [-0.4, -0.2) is 0 Å². The maximum Gasteiger partial charge on any atom is 0.123 e. The number of ether oxygens (including phenoxy) is 1. The molecule has 2 aromatic rings. The Morgan fingerprint density at radius 3 is 2.58 bits per heavy atom. The largest absolute Gasteiger partial charge is 0.489 e. The van der Waals surface area contributed by atoms with Crippen LogP contribution >= 0.6 is 0 Å². The zero-order valence-corrected chi connectivity index (χ0v) is 11.5. The van der Waals surface area contributed by atoms with Crippen LogP contribution in [-0.2, 0) is 19.4 Å². The maximum atomic E-state index is 5.99. The number of hydrogen-bond acceptors (Lipinski definition) is 1. The van der Waals surface area contributed by atoms with Crippen LogP contribution in [0.25, 0.3) is 0 Å². The Kier molecular flexibility index (Phi) is 3.54. The van der Waals surface area contributed by atoms with Gasteiger partial charge in [0, 0.05) is 0 Å². The van der Waals surface area contributed by atoms with E-state index in [9.17, 15) is 0 Å². The number of benzene rings is 2. The van der Waals surface area contributed by atoms with Gasteiger partial charge < -0.3 is 4.74 Å². The lowest BCUT2D eigenvalue weighted by molar-refractivity contribution is 0.303. The Labute approximate surface area is 115 Å². The summed E-state index contributed by atoms with van der Waals surface area (Å²) < 4.78 is 5.99. The molecule has 19 heavy (non-hydrogen) atoms. The van der Waals surface area contributed by atoms with Crippen molar-refractivity contribution in [2.45, 2.75) is 39.2 Å². The molecule has 0 aromatic heterocycles. The van der Waals surface area contributed by atoms with Crippen molar-refractivity contribution in [3.05, 3.63) is 64.7 Å². The van der Waals surface area contributed by atoms with E-state index in [-0.39, 0.29) is 0 Å². The normalized spacial score (nSPS) is 13.9. The molecule has 0 unspecified atom stereocenters. The fourth-order valence-corrected chi connectivity index (χ4v) is 2.88. The summed E-state index contributed by atoms with van der Waals surface area (Å²) in [5.74, 6) is 1.05. The third kappa shape index (κ3) is 2.65. The molecule has 1 aliphatic carbocycles. The van der Waals surface area contributed by atoms with Crippen LogP contribution in [0, 0.1) is 6.92 Å². The Balaban J connectivity index is 1.78. The van der Waals surface area contributed by atoms with Crippen molar-refractivity contribution in [3.63, 3.8) is 0 Å². The molecular weight excluding hydrogens is 232 g/mol. The van der Waals surface area contributed by atoms with Gasteiger partial charge >= 0.3 is 0 Å². The van der Waals surface area contributed by atoms with Crippen LogP contribution in [0.15, 0.2) is 42.5 Å². The van der Waals surface area contributed by atoms with E-state index in [0.717, 1.165) is 5.75 Å². The maximum absolute atomic E-state index is 5.99. The van der Waals surface area contributed by atoms with Gasteiger partial charge in [-0.15, -0.1) is 0 Å². The molecule has 98 valence electrons. The van der Waals surface area contributed by atoms with Crippen molar-refractivity contribution in [2.75, 3.05) is 0 Å². The molecule has 0 saturated carbocycles. The highest BCUT2D eigenvalue weighted by molar-refractivity contribution is 5.45. The highest BCUT2D eigenvalue weighted by Crippen LogP contribution is 2.30. The molecule has 0 N–H and O–H groups in total. The van der Waals surface area contributed by atoms with Crippen LogP contribution in [0.3, 0.4) is 0 Å². The Hall–Kier alpha value is -1.76. The van der Waals surface area contributed by atoms with Crippen molar-refractivity contribution < 1.29 is 4.74 Å². The first-order valence-corrected chi connectivity index (χ1v) is 7.12. The Bertz CT molecular complexity index is 557. The van der Waals surface area contributed by atoms with Crippen molar-refractivity contribution >= 4 is 0 Å². The van der Waals surface area contributed by atoms with Gasteiger partial charge in [0.15, 0.2) is 0 Å². The average Bonchev–Trinajstić information content (AvgIpc) is 2.48. The number of hydrogen-bond donors (Lipinski definition) is 0. The number of aryl methyl sites for hydroxylation is 1. The summed E-state index contributed by atoms with van der Waals surface area (Å²) >= 11 is 0. The lowest BCUT2D eigenvalue weighted by Gasteiger charge is -2.20. The van der Waals surface area contributed by atoms with Crippen LogP contribution in [0.4, 0.5) is 0 Å². The van der Waals surface area contributed by atoms with Gasteiger partial charge in [0.1, 0.15) is 12.4 Å². The van der Waals surface area contributed by atoms with Gasteiger partial charge in [0.2, 0.25) is 0 Å². The third-order valence-electron chi connectivity index (χ3n) is 4.01. The summed E-state index contributed by atoms with van der Waals surface area (Å²) in [7, 11) is 0. The van der Waals surface area contributed by atoms with E-state index in [2.05, 4.69) is 43.3 Å². The van der Waals surface area contributed by atoms with Crippen LogP contribution in [0.5, 0.6) is 5.75 Å². The lowest BCUT2D eigenvalue weighted by atomic mass is 9.88. The lowest BCUT2D eigenvalue weighted by Crippen LogP contribution is -2.06. The highest BCUT2D eigenvalue weighted by Gasteiger charge is 2.14. The smallest absolute Gasteiger partial charge is 0.123 e. The van der Waals surface area contributed by atoms with E-state index in [4.69, 9.17) is 4.74 Å². The number of rotatable bonds is 3. The Morgan fingerprint density at radius 2 is 1.74 bits per heavy atom. The summed E-state index contributed by atoms with van der Waals surface area (Å²) in [4.78, 5) is 0. The van der Waals surface area contributed by atoms with Crippen molar-refractivity contribution in [1.29, 1.82) is 0 Å². The zero-order chi connectivity index (χ0) is 13.1. The first kappa shape index (κ1) is 12.3. The standard InChI is InChI=1S/C18H20O/c1-14-17-10-6-5-9-16(17)11-12-18(14)19-13-15-7-3-2-4-8-15/h2-4,7-8,11-12H,5-6,9-10,13H2,1H3. The molecule has 2 aromatic carbocycles. The Morgan fingerprint density at radius 1 is 0.947 bits per heavy atom. The van der Waals surface area contributed by atoms with Crippen LogP contribution in [0.1, 0.15) is 35.1 Å². The van der Waals surface area contributed by atoms with Crippen LogP contribution in [0.2, 0.25) is 0 Å². The minimum Gasteiger partial charge on any atom is -0.489 e. The van der Waals surface area contributed by atoms with E-state index in [1.54, 1.807) is 0 Å². The molecule has 0 aliphatic heterocycles. The predicted molar refractivity (Wildman–Crippen MR) is 78.6 cm³/mol. The van der Waals surface area contributed by atoms with Gasteiger partial charge in [-0.2, -0.15) is 0 Å². The van der Waals surface area contributed by atoms with E-state index in [1.807, 2.05) is 6.07 Å². The van der Waals surface area contributed by atoms with Gasteiger partial charge in [-0.1, -0.05) is 36.4 Å². The third-order valence-corrected chi connectivity index (χ3v) is 4.01. The van der Waals surface area contributed by atoms with Gasteiger partial charge in [0.05, 0.1) is 0 Å². The fourth-order valence-electron chi connectivity index (χ4n) is 2.88. The topological polar surface area (TPSA) is 9.23 Å². The SMILES string of the molecule is Cc1c(OCc2ccccc2)ccc2c1CCCC2. The second-order valence-electron chi connectivity index (χ2n) is 5.31. The first-order valence-electron chi connectivity index (χ1n) is 7.12. The summed E-state index contributed by atoms with van der Waals surface area (Å²) in [6.45, 7) is 2.85. The van der Waals surface area contributed by atoms with Crippen molar-refractivity contribution in [2.24, 2.45) is 0 Å². The van der Waals surface area contributed by atoms with E-state index < -0.39 is 0 Å². The van der Waals surface area contributed by atoms with Gasteiger partial charge in [-0.05, 0) is 60.9 Å². The fraction of sp³-hybridized carbons (Fsp3) is 0.333. The molecule has 0 bridgehead atoms. The molecule has 1 aliphatic rings. The van der Waals surface area contributed by atoms with Crippen molar-refractivity contribution in [3.8, 4) is 5.75 Å². The van der Waals surface area contributed by atoms with Gasteiger partial charge in [-0.3, -0.25) is 0 Å². The molecule has 1 nitrogen and oxygen atoms in total. The van der Waals surface area contributed by atoms with Crippen LogP contribution < -0.4 is 4.74 Å². The number of fused-ring (bicyclic) bond motifs is 1. The zero-order valence-electron chi connectivity index (χ0n) is 11.5. The molecule has 0 amide bonds. The summed E-state index contributed by atoms with van der Waals surface area (Å²) in [5.41, 5.74) is 5.61. The summed E-state index contributed by atoms with van der Waals surface area (Å²) in [6, 6.07) is 14.7. The van der Waals surface area contributed by atoms with E-state index in [1.165, 1.54) is 47.9 Å². The molecule has 0 radical (unpaired) electrons. The monoisotopic (exact) mass is 252 g/mol. The quantitative estimate of drug-likeness (QED) is 0.784.